The van der Waals surface area contributed by atoms with E-state index in [1.165, 1.54) is 28.6 Å². The maximum atomic E-state index is 12.4. The molecule has 0 aliphatic carbocycles. The Kier molecular flexibility index (Phi) is 7.37. The molecule has 1 amide bonds. The number of rotatable bonds is 8. The Morgan fingerprint density at radius 3 is 2.12 bits per heavy atom. The van der Waals surface area contributed by atoms with Crippen molar-refractivity contribution in [2.75, 3.05) is 19.7 Å². The van der Waals surface area contributed by atoms with Gasteiger partial charge in [0.05, 0.1) is 10.5 Å². The summed E-state index contributed by atoms with van der Waals surface area (Å²) in [7, 11) is -3.57. The number of nitrogens with zero attached hydrogens (tertiary/aromatic N) is 1. The van der Waals surface area contributed by atoms with E-state index in [4.69, 9.17) is 4.74 Å². The van der Waals surface area contributed by atoms with Gasteiger partial charge in [0.15, 0.2) is 6.61 Å². The van der Waals surface area contributed by atoms with Crippen LogP contribution < -0.4 is 5.32 Å². The van der Waals surface area contributed by atoms with Gasteiger partial charge in [0.2, 0.25) is 10.0 Å². The van der Waals surface area contributed by atoms with Crippen LogP contribution in [0.5, 0.6) is 0 Å². The third-order valence-electron chi connectivity index (χ3n) is 3.22. The second kappa shape index (κ2) is 8.79. The summed E-state index contributed by atoms with van der Waals surface area (Å²) >= 11 is 0. The molecule has 0 spiro atoms. The lowest BCUT2D eigenvalue weighted by atomic mass is 10.2. The molecule has 8 heteroatoms. The minimum atomic E-state index is -3.57. The maximum absolute atomic E-state index is 12.4. The van der Waals surface area contributed by atoms with E-state index in [2.05, 4.69) is 5.32 Å². The molecule has 7 nitrogen and oxygen atoms in total. The Labute approximate surface area is 143 Å². The summed E-state index contributed by atoms with van der Waals surface area (Å²) in [5.74, 6) is -1.07. The van der Waals surface area contributed by atoms with Crippen LogP contribution in [0.4, 0.5) is 0 Å². The Morgan fingerprint density at radius 2 is 1.67 bits per heavy atom. The van der Waals surface area contributed by atoms with Gasteiger partial charge in [0.25, 0.3) is 5.91 Å². The Balaban J connectivity index is 2.77. The minimum absolute atomic E-state index is 0.0410. The molecule has 0 bridgehead atoms. The zero-order chi connectivity index (χ0) is 18.3. The van der Waals surface area contributed by atoms with E-state index in [1.54, 1.807) is 27.7 Å². The fourth-order valence-electron chi connectivity index (χ4n) is 2.05. The maximum Gasteiger partial charge on any atom is 0.338 e. The monoisotopic (exact) mass is 356 g/mol. The molecule has 0 atom stereocenters. The van der Waals surface area contributed by atoms with Crippen molar-refractivity contribution in [1.29, 1.82) is 0 Å². The molecule has 0 aromatic heterocycles. The highest BCUT2D eigenvalue weighted by Gasteiger charge is 2.22. The van der Waals surface area contributed by atoms with Gasteiger partial charge in [-0.1, -0.05) is 13.8 Å². The van der Waals surface area contributed by atoms with Gasteiger partial charge < -0.3 is 10.1 Å². The lowest BCUT2D eigenvalue weighted by molar-refractivity contribution is -0.124. The predicted octanol–water partition coefficient (Wildman–Crippen LogP) is 1.40. The molecular weight excluding hydrogens is 332 g/mol. The number of amides is 1. The summed E-state index contributed by atoms with van der Waals surface area (Å²) in [4.78, 5) is 23.4. The second-order valence-corrected chi connectivity index (χ2v) is 7.35. The number of carbonyl (C=O) groups excluding carboxylic acids is 2. The zero-order valence-corrected chi connectivity index (χ0v) is 15.2. The van der Waals surface area contributed by atoms with Crippen LogP contribution in [0.15, 0.2) is 29.2 Å². The van der Waals surface area contributed by atoms with Crippen molar-refractivity contribution in [1.82, 2.24) is 9.62 Å². The molecule has 0 heterocycles. The van der Waals surface area contributed by atoms with Gasteiger partial charge in [-0.05, 0) is 38.1 Å². The molecule has 1 N–H and O–H groups in total. The largest absolute Gasteiger partial charge is 0.452 e. The first-order valence-corrected chi connectivity index (χ1v) is 9.23. The van der Waals surface area contributed by atoms with Crippen LogP contribution in [-0.2, 0) is 19.6 Å². The Bertz CT molecular complexity index is 664. The molecule has 1 rings (SSSR count). The molecule has 0 saturated heterocycles. The van der Waals surface area contributed by atoms with Gasteiger partial charge >= 0.3 is 5.97 Å². The van der Waals surface area contributed by atoms with Crippen molar-refractivity contribution in [2.24, 2.45) is 0 Å². The van der Waals surface area contributed by atoms with Crippen LogP contribution >= 0.6 is 0 Å². The minimum Gasteiger partial charge on any atom is -0.452 e. The number of esters is 1. The van der Waals surface area contributed by atoms with Crippen LogP contribution in [0.1, 0.15) is 38.1 Å². The topological polar surface area (TPSA) is 92.8 Å². The number of hydrogen-bond acceptors (Lipinski definition) is 5. The molecule has 1 aromatic carbocycles. The van der Waals surface area contributed by atoms with Crippen LogP contribution in [0, 0.1) is 0 Å². The highest BCUT2D eigenvalue weighted by atomic mass is 32.2. The first-order valence-electron chi connectivity index (χ1n) is 7.79. The predicted molar refractivity (Wildman–Crippen MR) is 90.1 cm³/mol. The Hall–Kier alpha value is -1.93. The van der Waals surface area contributed by atoms with Crippen LogP contribution in [0.25, 0.3) is 0 Å². The van der Waals surface area contributed by atoms with Crippen molar-refractivity contribution in [3.05, 3.63) is 29.8 Å². The molecular formula is C16H24N2O5S. The fourth-order valence-corrected chi connectivity index (χ4v) is 3.51. The zero-order valence-electron chi connectivity index (χ0n) is 14.4. The van der Waals surface area contributed by atoms with Gasteiger partial charge in [0.1, 0.15) is 0 Å². The summed E-state index contributed by atoms with van der Waals surface area (Å²) in [6.45, 7) is 7.48. The lowest BCUT2D eigenvalue weighted by Gasteiger charge is -2.18. The normalized spacial score (nSPS) is 11.6. The van der Waals surface area contributed by atoms with Gasteiger partial charge in [0, 0.05) is 19.1 Å². The number of carbonyl (C=O) groups is 2. The summed E-state index contributed by atoms with van der Waals surface area (Å²) in [6, 6.07) is 5.43. The van der Waals surface area contributed by atoms with E-state index in [-0.39, 0.29) is 29.0 Å². The smallest absolute Gasteiger partial charge is 0.338 e. The lowest BCUT2D eigenvalue weighted by Crippen LogP contribution is -2.34. The van der Waals surface area contributed by atoms with Crippen molar-refractivity contribution >= 4 is 21.9 Å². The highest BCUT2D eigenvalue weighted by Crippen LogP contribution is 2.16. The van der Waals surface area contributed by atoms with E-state index < -0.39 is 16.0 Å². The molecule has 0 aliphatic heterocycles. The number of benzene rings is 1. The van der Waals surface area contributed by atoms with Crippen molar-refractivity contribution < 1.29 is 22.7 Å². The number of nitrogens with one attached hydrogen (secondary N) is 1. The van der Waals surface area contributed by atoms with Crippen LogP contribution in [-0.4, -0.2) is 50.3 Å². The molecule has 0 aliphatic rings. The SMILES string of the molecule is CCN(CC)S(=O)(=O)c1ccc(C(=O)OCC(=O)NC(C)C)cc1. The summed E-state index contributed by atoms with van der Waals surface area (Å²) in [6.07, 6.45) is 0. The number of ether oxygens (including phenoxy) is 1. The van der Waals surface area contributed by atoms with Gasteiger partial charge in [-0.15, -0.1) is 0 Å². The first kappa shape index (κ1) is 20.1. The highest BCUT2D eigenvalue weighted by molar-refractivity contribution is 7.89. The summed E-state index contributed by atoms with van der Waals surface area (Å²) in [5.41, 5.74) is 0.186. The van der Waals surface area contributed by atoms with E-state index in [0.29, 0.717) is 13.1 Å². The van der Waals surface area contributed by atoms with Crippen molar-refractivity contribution in [3.8, 4) is 0 Å². The van der Waals surface area contributed by atoms with Crippen molar-refractivity contribution in [3.63, 3.8) is 0 Å². The van der Waals surface area contributed by atoms with Gasteiger partial charge in [-0.25, -0.2) is 13.2 Å². The molecule has 0 radical (unpaired) electrons. The third kappa shape index (κ3) is 5.31. The van der Waals surface area contributed by atoms with Gasteiger partial charge in [-0.2, -0.15) is 4.31 Å². The number of sulfonamides is 1. The molecule has 0 fully saturated rings. The van der Waals surface area contributed by atoms with Crippen LogP contribution in [0.2, 0.25) is 0 Å². The van der Waals surface area contributed by atoms with E-state index in [9.17, 15) is 18.0 Å². The number of hydrogen-bond donors (Lipinski definition) is 1. The summed E-state index contributed by atoms with van der Waals surface area (Å²) < 4.78 is 30.9. The quantitative estimate of drug-likeness (QED) is 0.711. The van der Waals surface area contributed by atoms with E-state index in [0.717, 1.165) is 0 Å². The molecule has 0 unspecified atom stereocenters. The van der Waals surface area contributed by atoms with E-state index >= 15 is 0 Å². The van der Waals surface area contributed by atoms with Crippen LogP contribution in [0.3, 0.4) is 0 Å². The Morgan fingerprint density at radius 1 is 1.12 bits per heavy atom. The third-order valence-corrected chi connectivity index (χ3v) is 5.28. The fraction of sp³-hybridized carbons (Fsp3) is 0.500. The van der Waals surface area contributed by atoms with Gasteiger partial charge in [-0.3, -0.25) is 4.79 Å². The first-order chi connectivity index (χ1) is 11.2. The standard InChI is InChI=1S/C16H24N2O5S/c1-5-18(6-2)24(21,22)14-9-7-13(8-10-14)16(20)23-11-15(19)17-12(3)4/h7-10,12H,5-6,11H2,1-4H3,(H,17,19). The summed E-state index contributed by atoms with van der Waals surface area (Å²) in [5, 5.41) is 2.60. The molecule has 24 heavy (non-hydrogen) atoms. The van der Waals surface area contributed by atoms with E-state index in [1.807, 2.05) is 0 Å². The van der Waals surface area contributed by atoms with Crippen molar-refractivity contribution in [2.45, 2.75) is 38.6 Å². The average molecular weight is 356 g/mol. The molecule has 1 aromatic rings. The average Bonchev–Trinajstić information content (AvgIpc) is 2.53. The second-order valence-electron chi connectivity index (χ2n) is 5.41. The molecule has 0 saturated carbocycles. The molecule has 134 valence electrons.